The van der Waals surface area contributed by atoms with Gasteiger partial charge in [-0.3, -0.25) is 4.99 Å². The molecule has 0 aliphatic carbocycles. The number of benzene rings is 1. The third kappa shape index (κ3) is 3.70. The lowest BCUT2D eigenvalue weighted by Gasteiger charge is -2.08. The van der Waals surface area contributed by atoms with E-state index in [1.165, 1.54) is 0 Å². The van der Waals surface area contributed by atoms with Crippen molar-refractivity contribution in [2.24, 2.45) is 10.8 Å². The molecule has 82 valence electrons. The summed E-state index contributed by atoms with van der Waals surface area (Å²) in [5.41, 5.74) is 3.32. The summed E-state index contributed by atoms with van der Waals surface area (Å²) in [6, 6.07) is 5.33. The van der Waals surface area contributed by atoms with Crippen molar-refractivity contribution >= 4 is 29.0 Å². The Morgan fingerprint density at radius 3 is 2.20 bits per heavy atom. The van der Waals surface area contributed by atoms with E-state index < -0.39 is 0 Å². The maximum absolute atomic E-state index is 5.88. The highest BCUT2D eigenvalue weighted by Gasteiger charge is 2.05. The van der Waals surface area contributed by atoms with Gasteiger partial charge in [0.1, 0.15) is 5.84 Å². The highest BCUT2D eigenvalue weighted by atomic mass is 35.5. The smallest absolute Gasteiger partial charge is 0.142 e. The zero-order valence-corrected chi connectivity index (χ0v) is 10.1. The summed E-state index contributed by atoms with van der Waals surface area (Å²) in [6.07, 6.45) is 0. The zero-order chi connectivity index (χ0) is 11.4. The van der Waals surface area contributed by atoms with E-state index in [-0.39, 0.29) is 6.04 Å². The van der Waals surface area contributed by atoms with Crippen molar-refractivity contribution in [1.29, 1.82) is 0 Å². The van der Waals surface area contributed by atoms with Crippen LogP contribution in [0.15, 0.2) is 23.2 Å². The van der Waals surface area contributed by atoms with E-state index in [0.717, 1.165) is 5.56 Å². The predicted molar refractivity (Wildman–Crippen MR) is 65.5 cm³/mol. The topological polar surface area (TPSA) is 50.4 Å². The van der Waals surface area contributed by atoms with Crippen molar-refractivity contribution < 1.29 is 0 Å². The van der Waals surface area contributed by atoms with Gasteiger partial charge in [0.05, 0.1) is 0 Å². The molecule has 0 unspecified atom stereocenters. The van der Waals surface area contributed by atoms with Gasteiger partial charge in [0.25, 0.3) is 0 Å². The number of nitrogens with one attached hydrogen (secondary N) is 1. The molecule has 0 saturated heterocycles. The molecule has 3 nitrogen and oxygen atoms in total. The fourth-order valence-electron chi connectivity index (χ4n) is 1.14. The molecule has 5 heteroatoms. The van der Waals surface area contributed by atoms with Crippen LogP contribution in [0.4, 0.5) is 0 Å². The van der Waals surface area contributed by atoms with E-state index in [1.54, 1.807) is 18.2 Å². The second-order valence-electron chi connectivity index (χ2n) is 3.37. The molecule has 0 saturated carbocycles. The summed E-state index contributed by atoms with van der Waals surface area (Å²) in [7, 11) is 0. The number of hydrogen-bond acceptors (Lipinski definition) is 2. The van der Waals surface area contributed by atoms with E-state index in [4.69, 9.17) is 29.0 Å². The number of nitrogens with zero attached hydrogens (tertiary/aromatic N) is 1. The number of nitrogens with two attached hydrogens (primary N) is 1. The number of halogens is 2. The lowest BCUT2D eigenvalue weighted by Crippen LogP contribution is -2.32. The molecule has 0 bridgehead atoms. The molecule has 0 amide bonds. The highest BCUT2D eigenvalue weighted by molar-refractivity contribution is 6.35. The fourth-order valence-corrected chi connectivity index (χ4v) is 1.67. The zero-order valence-electron chi connectivity index (χ0n) is 8.59. The van der Waals surface area contributed by atoms with Gasteiger partial charge in [0.2, 0.25) is 0 Å². The van der Waals surface area contributed by atoms with Crippen LogP contribution in [-0.2, 0) is 0 Å². The SMILES string of the molecule is CC(C)N=C(NN)c1cc(Cl)cc(Cl)c1. The molecule has 0 atom stereocenters. The van der Waals surface area contributed by atoms with Crippen molar-refractivity contribution in [3.05, 3.63) is 33.8 Å². The number of hydrogen-bond donors (Lipinski definition) is 2. The van der Waals surface area contributed by atoms with Gasteiger partial charge >= 0.3 is 0 Å². The largest absolute Gasteiger partial charge is 0.308 e. The van der Waals surface area contributed by atoms with Crippen LogP contribution in [-0.4, -0.2) is 11.9 Å². The van der Waals surface area contributed by atoms with Crippen LogP contribution < -0.4 is 11.3 Å². The van der Waals surface area contributed by atoms with Crippen LogP contribution in [0.2, 0.25) is 10.0 Å². The molecule has 15 heavy (non-hydrogen) atoms. The first-order valence-electron chi connectivity index (χ1n) is 4.54. The molecule has 3 N–H and O–H groups in total. The first-order valence-corrected chi connectivity index (χ1v) is 5.29. The van der Waals surface area contributed by atoms with Crippen LogP contribution in [0.25, 0.3) is 0 Å². The Morgan fingerprint density at radius 1 is 1.27 bits per heavy atom. The molecule has 0 aliphatic heterocycles. The molecular formula is C10H13Cl2N3. The summed E-state index contributed by atoms with van der Waals surface area (Å²) in [5.74, 6) is 5.96. The van der Waals surface area contributed by atoms with E-state index in [2.05, 4.69) is 10.4 Å². The van der Waals surface area contributed by atoms with Gasteiger partial charge < -0.3 is 5.43 Å². The number of aliphatic imine (C=N–C) groups is 1. The Kier molecular flexibility index (Phi) is 4.39. The summed E-state index contributed by atoms with van der Waals surface area (Å²) in [6.45, 7) is 3.92. The van der Waals surface area contributed by atoms with Gasteiger partial charge in [-0.25, -0.2) is 5.84 Å². The van der Waals surface area contributed by atoms with Crippen molar-refractivity contribution in [3.8, 4) is 0 Å². The van der Waals surface area contributed by atoms with Crippen LogP contribution in [0.3, 0.4) is 0 Å². The lowest BCUT2D eigenvalue weighted by molar-refractivity contribution is 0.820. The molecule has 1 aromatic carbocycles. The molecule has 0 fully saturated rings. The minimum atomic E-state index is 0.147. The van der Waals surface area contributed by atoms with E-state index in [9.17, 15) is 0 Å². The summed E-state index contributed by atoms with van der Waals surface area (Å²) < 4.78 is 0. The first-order chi connectivity index (χ1) is 7.02. The van der Waals surface area contributed by atoms with Crippen LogP contribution in [0, 0.1) is 0 Å². The molecular weight excluding hydrogens is 233 g/mol. The van der Waals surface area contributed by atoms with Gasteiger partial charge in [0.15, 0.2) is 0 Å². The molecule has 0 heterocycles. The predicted octanol–water partition coefficient (Wildman–Crippen LogP) is 2.61. The average molecular weight is 246 g/mol. The molecule has 0 spiro atoms. The monoisotopic (exact) mass is 245 g/mol. The fraction of sp³-hybridized carbons (Fsp3) is 0.300. The standard InChI is InChI=1S/C10H13Cl2N3/c1-6(2)14-10(15-13)7-3-8(11)5-9(12)4-7/h3-6H,13H2,1-2H3,(H,14,15). The normalized spacial score (nSPS) is 12.0. The van der Waals surface area contributed by atoms with Crippen molar-refractivity contribution in [2.75, 3.05) is 0 Å². The maximum atomic E-state index is 5.88. The molecule has 0 radical (unpaired) electrons. The highest BCUT2D eigenvalue weighted by Crippen LogP contribution is 2.19. The van der Waals surface area contributed by atoms with Crippen LogP contribution in [0.5, 0.6) is 0 Å². The third-order valence-corrected chi connectivity index (χ3v) is 2.10. The number of hydrazine groups is 1. The maximum Gasteiger partial charge on any atom is 0.142 e. The molecule has 0 aliphatic rings. The van der Waals surface area contributed by atoms with E-state index in [1.807, 2.05) is 13.8 Å². The van der Waals surface area contributed by atoms with Crippen LogP contribution >= 0.6 is 23.2 Å². The molecule has 1 aromatic rings. The van der Waals surface area contributed by atoms with Gasteiger partial charge in [-0.05, 0) is 32.0 Å². The minimum absolute atomic E-state index is 0.147. The quantitative estimate of drug-likeness (QED) is 0.364. The van der Waals surface area contributed by atoms with Gasteiger partial charge in [-0.1, -0.05) is 23.2 Å². The Hall–Kier alpha value is -0.770. The minimum Gasteiger partial charge on any atom is -0.308 e. The Bertz CT molecular complexity index is 355. The van der Waals surface area contributed by atoms with E-state index in [0.29, 0.717) is 15.9 Å². The molecule has 1 rings (SSSR count). The van der Waals surface area contributed by atoms with Gasteiger partial charge in [-0.2, -0.15) is 0 Å². The lowest BCUT2D eigenvalue weighted by atomic mass is 10.2. The Labute approximate surface area is 99.3 Å². The van der Waals surface area contributed by atoms with Gasteiger partial charge in [-0.15, -0.1) is 0 Å². The summed E-state index contributed by atoms with van der Waals surface area (Å²) in [5, 5.41) is 1.12. The number of amidine groups is 1. The second-order valence-corrected chi connectivity index (χ2v) is 4.25. The summed E-state index contributed by atoms with van der Waals surface area (Å²) >= 11 is 11.8. The molecule has 0 aromatic heterocycles. The summed E-state index contributed by atoms with van der Waals surface area (Å²) in [4.78, 5) is 4.31. The third-order valence-electron chi connectivity index (χ3n) is 1.66. The Balaban J connectivity index is 3.12. The average Bonchev–Trinajstić information content (AvgIpc) is 2.12. The number of rotatable bonds is 2. The van der Waals surface area contributed by atoms with Crippen molar-refractivity contribution in [3.63, 3.8) is 0 Å². The van der Waals surface area contributed by atoms with Crippen LogP contribution in [0.1, 0.15) is 19.4 Å². The first kappa shape index (κ1) is 12.3. The Morgan fingerprint density at radius 2 is 1.80 bits per heavy atom. The van der Waals surface area contributed by atoms with Gasteiger partial charge in [0, 0.05) is 21.7 Å². The second kappa shape index (κ2) is 5.35. The van der Waals surface area contributed by atoms with E-state index >= 15 is 0 Å². The van der Waals surface area contributed by atoms with Crippen molar-refractivity contribution in [2.45, 2.75) is 19.9 Å². The van der Waals surface area contributed by atoms with Crippen molar-refractivity contribution in [1.82, 2.24) is 5.43 Å².